The van der Waals surface area contributed by atoms with Gasteiger partial charge < -0.3 is 14.2 Å². The van der Waals surface area contributed by atoms with Gasteiger partial charge in [-0.1, -0.05) is 6.92 Å². The molecule has 0 aromatic heterocycles. The Labute approximate surface area is 121 Å². The van der Waals surface area contributed by atoms with Crippen LogP contribution in [0.15, 0.2) is 24.3 Å². The molecule has 0 N–H and O–H groups in total. The molecule has 0 aliphatic rings. The van der Waals surface area contributed by atoms with E-state index in [0.29, 0.717) is 6.42 Å². The molecule has 4 nitrogen and oxygen atoms in total. The fraction of sp³-hybridized carbons (Fsp3) is 0.562. The first-order valence-corrected chi connectivity index (χ1v) is 6.92. The number of hydrogen-bond acceptors (Lipinski definition) is 4. The highest BCUT2D eigenvalue weighted by molar-refractivity contribution is 5.69. The smallest absolute Gasteiger partial charge is 0.306 e. The van der Waals surface area contributed by atoms with E-state index in [1.54, 1.807) is 7.11 Å². The molecule has 2 atom stereocenters. The molecular formula is C16H24O4. The number of ether oxygens (including phenoxy) is 3. The second kappa shape index (κ2) is 7.78. The van der Waals surface area contributed by atoms with Crippen LogP contribution in [0.5, 0.6) is 11.5 Å². The van der Waals surface area contributed by atoms with Gasteiger partial charge in [0.15, 0.2) is 0 Å². The lowest BCUT2D eigenvalue weighted by atomic mass is 10.0. The fourth-order valence-corrected chi connectivity index (χ4v) is 1.72. The summed E-state index contributed by atoms with van der Waals surface area (Å²) in [5, 5.41) is 0. The molecule has 1 aromatic rings. The molecular weight excluding hydrogens is 256 g/mol. The Bertz CT molecular complexity index is 411. The van der Waals surface area contributed by atoms with Gasteiger partial charge in [-0.3, -0.25) is 4.79 Å². The predicted octanol–water partition coefficient (Wildman–Crippen LogP) is 3.44. The topological polar surface area (TPSA) is 44.8 Å². The Balaban J connectivity index is 2.47. The minimum atomic E-state index is -0.183. The van der Waals surface area contributed by atoms with E-state index in [9.17, 15) is 4.79 Å². The molecule has 0 bridgehead atoms. The van der Waals surface area contributed by atoms with E-state index in [1.807, 2.05) is 52.0 Å². The minimum absolute atomic E-state index is 0.0666. The van der Waals surface area contributed by atoms with Crippen molar-refractivity contribution in [3.8, 4) is 11.5 Å². The van der Waals surface area contributed by atoms with Crippen LogP contribution in [-0.2, 0) is 9.53 Å². The summed E-state index contributed by atoms with van der Waals surface area (Å²) in [6.45, 7) is 7.63. The predicted molar refractivity (Wildman–Crippen MR) is 78.1 cm³/mol. The molecule has 0 aliphatic carbocycles. The van der Waals surface area contributed by atoms with Crippen LogP contribution in [0, 0.1) is 5.92 Å². The summed E-state index contributed by atoms with van der Waals surface area (Å²) in [5.41, 5.74) is 0. The van der Waals surface area contributed by atoms with Crippen molar-refractivity contribution in [3.63, 3.8) is 0 Å². The monoisotopic (exact) mass is 280 g/mol. The van der Waals surface area contributed by atoms with Gasteiger partial charge in [0.2, 0.25) is 0 Å². The summed E-state index contributed by atoms with van der Waals surface area (Å²) in [7, 11) is 1.63. The number of carbonyl (C=O) groups excluding carboxylic acids is 1. The quantitative estimate of drug-likeness (QED) is 0.718. The van der Waals surface area contributed by atoms with Gasteiger partial charge in [-0.2, -0.15) is 0 Å². The van der Waals surface area contributed by atoms with Gasteiger partial charge in [0.05, 0.1) is 25.7 Å². The number of methoxy groups -OCH3 is 1. The SMILES string of the molecule is COc1ccc(OC(C)C(C)CC(=O)OC(C)C)cc1. The number of benzene rings is 1. The average molecular weight is 280 g/mol. The maximum Gasteiger partial charge on any atom is 0.306 e. The summed E-state index contributed by atoms with van der Waals surface area (Å²) in [5.74, 6) is 1.46. The molecule has 20 heavy (non-hydrogen) atoms. The van der Waals surface area contributed by atoms with Crippen LogP contribution in [0.25, 0.3) is 0 Å². The van der Waals surface area contributed by atoms with Crippen molar-refractivity contribution in [1.29, 1.82) is 0 Å². The Morgan fingerprint density at radius 2 is 1.60 bits per heavy atom. The third-order valence-electron chi connectivity index (χ3n) is 3.04. The van der Waals surface area contributed by atoms with E-state index in [4.69, 9.17) is 14.2 Å². The van der Waals surface area contributed by atoms with Gasteiger partial charge in [-0.05, 0) is 45.0 Å². The van der Waals surface area contributed by atoms with Crippen LogP contribution in [0.2, 0.25) is 0 Å². The van der Waals surface area contributed by atoms with E-state index in [2.05, 4.69) is 0 Å². The van der Waals surface area contributed by atoms with Crippen LogP contribution >= 0.6 is 0 Å². The lowest BCUT2D eigenvalue weighted by molar-refractivity contribution is -0.149. The summed E-state index contributed by atoms with van der Waals surface area (Å²) < 4.78 is 16.1. The zero-order chi connectivity index (χ0) is 15.1. The molecule has 0 saturated heterocycles. The molecule has 0 spiro atoms. The zero-order valence-electron chi connectivity index (χ0n) is 12.9. The lowest BCUT2D eigenvalue weighted by Gasteiger charge is -2.21. The molecule has 112 valence electrons. The molecule has 1 aromatic carbocycles. The van der Waals surface area contributed by atoms with Crippen molar-refractivity contribution >= 4 is 5.97 Å². The lowest BCUT2D eigenvalue weighted by Crippen LogP contribution is -2.25. The molecule has 1 rings (SSSR count). The van der Waals surface area contributed by atoms with Crippen molar-refractivity contribution in [2.24, 2.45) is 5.92 Å². The second-order valence-corrected chi connectivity index (χ2v) is 5.22. The molecule has 0 fully saturated rings. The van der Waals surface area contributed by atoms with Crippen LogP contribution in [-0.4, -0.2) is 25.3 Å². The van der Waals surface area contributed by atoms with Gasteiger partial charge >= 0.3 is 5.97 Å². The Morgan fingerprint density at radius 3 is 2.10 bits per heavy atom. The highest BCUT2D eigenvalue weighted by Crippen LogP contribution is 2.21. The number of esters is 1. The number of hydrogen-bond donors (Lipinski definition) is 0. The Hall–Kier alpha value is -1.71. The summed E-state index contributed by atoms with van der Waals surface area (Å²) in [6.07, 6.45) is 0.214. The molecule has 0 saturated carbocycles. The van der Waals surface area contributed by atoms with Crippen LogP contribution in [0.1, 0.15) is 34.1 Å². The number of carbonyl (C=O) groups is 1. The highest BCUT2D eigenvalue weighted by Gasteiger charge is 2.19. The van der Waals surface area contributed by atoms with E-state index in [-0.39, 0.29) is 24.1 Å². The maximum absolute atomic E-state index is 11.6. The maximum atomic E-state index is 11.6. The van der Waals surface area contributed by atoms with Crippen LogP contribution in [0.3, 0.4) is 0 Å². The first-order valence-electron chi connectivity index (χ1n) is 6.92. The van der Waals surface area contributed by atoms with Crippen molar-refractivity contribution < 1.29 is 19.0 Å². The van der Waals surface area contributed by atoms with E-state index >= 15 is 0 Å². The van der Waals surface area contributed by atoms with Crippen molar-refractivity contribution in [2.45, 2.75) is 46.3 Å². The molecule has 4 heteroatoms. The summed E-state index contributed by atoms with van der Waals surface area (Å²) >= 11 is 0. The average Bonchev–Trinajstić information content (AvgIpc) is 2.38. The third-order valence-corrected chi connectivity index (χ3v) is 3.04. The van der Waals surface area contributed by atoms with Gasteiger partial charge in [0.25, 0.3) is 0 Å². The second-order valence-electron chi connectivity index (χ2n) is 5.22. The van der Waals surface area contributed by atoms with Crippen molar-refractivity contribution in [2.75, 3.05) is 7.11 Å². The van der Waals surface area contributed by atoms with Crippen LogP contribution < -0.4 is 9.47 Å². The van der Waals surface area contributed by atoms with E-state index < -0.39 is 0 Å². The van der Waals surface area contributed by atoms with Crippen molar-refractivity contribution in [3.05, 3.63) is 24.3 Å². The first kappa shape index (κ1) is 16.3. The van der Waals surface area contributed by atoms with Crippen molar-refractivity contribution in [1.82, 2.24) is 0 Å². The Morgan fingerprint density at radius 1 is 1.05 bits per heavy atom. The van der Waals surface area contributed by atoms with Gasteiger partial charge in [-0.15, -0.1) is 0 Å². The highest BCUT2D eigenvalue weighted by atomic mass is 16.5. The summed E-state index contributed by atoms with van der Waals surface area (Å²) in [6, 6.07) is 7.41. The molecule has 0 aliphatic heterocycles. The fourth-order valence-electron chi connectivity index (χ4n) is 1.72. The molecule has 2 unspecified atom stereocenters. The minimum Gasteiger partial charge on any atom is -0.497 e. The van der Waals surface area contributed by atoms with Gasteiger partial charge in [0, 0.05) is 5.92 Å². The van der Waals surface area contributed by atoms with E-state index in [0.717, 1.165) is 11.5 Å². The standard InChI is InChI=1S/C16H24O4/c1-11(2)19-16(17)10-12(3)13(4)20-15-8-6-14(18-5)7-9-15/h6-9,11-13H,10H2,1-5H3. The molecule has 0 radical (unpaired) electrons. The van der Waals surface area contributed by atoms with Gasteiger partial charge in [0.1, 0.15) is 11.5 Å². The summed E-state index contributed by atoms with van der Waals surface area (Å²) in [4.78, 5) is 11.6. The number of rotatable bonds is 7. The normalized spacial score (nSPS) is 13.7. The molecule has 0 heterocycles. The largest absolute Gasteiger partial charge is 0.497 e. The van der Waals surface area contributed by atoms with E-state index in [1.165, 1.54) is 0 Å². The zero-order valence-corrected chi connectivity index (χ0v) is 12.9. The molecule has 0 amide bonds. The Kier molecular flexibility index (Phi) is 6.36. The third kappa shape index (κ3) is 5.51. The van der Waals surface area contributed by atoms with Crippen LogP contribution in [0.4, 0.5) is 0 Å². The van der Waals surface area contributed by atoms with Gasteiger partial charge in [-0.25, -0.2) is 0 Å². The first-order chi connectivity index (χ1) is 9.42.